The number of piperazine rings is 1. The molecule has 3 aromatic rings. The Hall–Kier alpha value is -3.88. The van der Waals surface area contributed by atoms with Crippen LogP contribution in [0.4, 0.5) is 24.7 Å². The number of aromatic nitrogens is 1. The molecule has 0 spiro atoms. The van der Waals surface area contributed by atoms with Gasteiger partial charge in [-0.05, 0) is 42.7 Å². The van der Waals surface area contributed by atoms with E-state index in [-0.39, 0.29) is 24.6 Å². The van der Waals surface area contributed by atoms with Crippen LogP contribution in [0.15, 0.2) is 72.9 Å². The lowest BCUT2D eigenvalue weighted by atomic mass is 10.1. The number of carbonyl (C=O) groups is 2. The van der Waals surface area contributed by atoms with Crippen LogP contribution >= 0.6 is 0 Å². The number of alkyl halides is 3. The summed E-state index contributed by atoms with van der Waals surface area (Å²) >= 11 is 0. The summed E-state index contributed by atoms with van der Waals surface area (Å²) in [6.07, 6.45) is -1.01. The molecule has 188 valence electrons. The van der Waals surface area contributed by atoms with Gasteiger partial charge < -0.3 is 15.1 Å². The summed E-state index contributed by atoms with van der Waals surface area (Å²) in [5.74, 6) is -0.0209. The number of amides is 2. The summed E-state index contributed by atoms with van der Waals surface area (Å²) < 4.78 is 39.9. The molecule has 2 heterocycles. The molecule has 36 heavy (non-hydrogen) atoms. The third kappa shape index (κ3) is 6.41. The molecule has 1 fully saturated rings. The molecule has 2 aromatic carbocycles. The topological polar surface area (TPSA) is 65.5 Å². The lowest BCUT2D eigenvalue weighted by Gasteiger charge is -2.35. The maximum Gasteiger partial charge on any atom is 0.417 e. The predicted molar refractivity (Wildman–Crippen MR) is 132 cm³/mol. The van der Waals surface area contributed by atoms with Crippen molar-refractivity contribution in [2.24, 2.45) is 0 Å². The van der Waals surface area contributed by atoms with Gasteiger partial charge in [-0.15, -0.1) is 0 Å². The van der Waals surface area contributed by atoms with Crippen LogP contribution in [0.5, 0.6) is 0 Å². The number of nitrogens with one attached hydrogen (secondary N) is 1. The van der Waals surface area contributed by atoms with E-state index in [9.17, 15) is 22.8 Å². The summed E-state index contributed by atoms with van der Waals surface area (Å²) in [4.78, 5) is 32.8. The molecule has 1 aliphatic rings. The molecule has 0 radical (unpaired) electrons. The second kappa shape index (κ2) is 11.2. The maximum atomic E-state index is 13.3. The van der Waals surface area contributed by atoms with Crippen molar-refractivity contribution in [1.82, 2.24) is 9.88 Å². The first-order chi connectivity index (χ1) is 17.3. The van der Waals surface area contributed by atoms with Crippen LogP contribution in [-0.4, -0.2) is 47.9 Å². The number of nitrogens with zero attached hydrogens (tertiary/aromatic N) is 3. The van der Waals surface area contributed by atoms with E-state index in [2.05, 4.69) is 10.3 Å². The van der Waals surface area contributed by atoms with E-state index >= 15 is 0 Å². The summed E-state index contributed by atoms with van der Waals surface area (Å²) in [6.45, 7) is 1.45. The zero-order valence-electron chi connectivity index (χ0n) is 19.7. The molecule has 0 bridgehead atoms. The lowest BCUT2D eigenvalue weighted by molar-refractivity contribution is -0.138. The first kappa shape index (κ1) is 25.2. The molecule has 1 N–H and O–H groups in total. The number of halogens is 3. The van der Waals surface area contributed by atoms with Crippen molar-refractivity contribution in [3.05, 3.63) is 89.6 Å². The Kier molecular flexibility index (Phi) is 7.87. The van der Waals surface area contributed by atoms with Gasteiger partial charge in [0.25, 0.3) is 5.91 Å². The van der Waals surface area contributed by atoms with Crippen molar-refractivity contribution >= 4 is 23.3 Å². The molecule has 6 nitrogen and oxygen atoms in total. The highest BCUT2D eigenvalue weighted by Gasteiger charge is 2.36. The Morgan fingerprint density at radius 3 is 2.25 bits per heavy atom. The number of pyridine rings is 1. The summed E-state index contributed by atoms with van der Waals surface area (Å²) in [6, 6.07) is 18.4. The molecule has 0 unspecified atom stereocenters. The van der Waals surface area contributed by atoms with Crippen LogP contribution in [0, 0.1) is 0 Å². The minimum atomic E-state index is -4.59. The zero-order valence-corrected chi connectivity index (χ0v) is 19.7. The van der Waals surface area contributed by atoms with Gasteiger partial charge in [-0.2, -0.15) is 13.2 Å². The van der Waals surface area contributed by atoms with Gasteiger partial charge in [0.15, 0.2) is 0 Å². The SMILES string of the molecule is O=C(CCCc1ccccc1)Nc1ccc(N2CCN(C(=O)c3ccccc3C(F)(F)F)CC2)nc1. The van der Waals surface area contributed by atoms with Gasteiger partial charge >= 0.3 is 6.18 Å². The van der Waals surface area contributed by atoms with Crippen molar-refractivity contribution in [3.63, 3.8) is 0 Å². The van der Waals surface area contributed by atoms with Gasteiger partial charge in [0.1, 0.15) is 5.82 Å². The average molecular weight is 497 g/mol. The highest BCUT2D eigenvalue weighted by atomic mass is 19.4. The van der Waals surface area contributed by atoms with Gasteiger partial charge in [0, 0.05) is 32.6 Å². The fourth-order valence-electron chi connectivity index (χ4n) is 4.19. The number of hydrogen-bond donors (Lipinski definition) is 1. The van der Waals surface area contributed by atoms with Crippen LogP contribution in [0.3, 0.4) is 0 Å². The first-order valence-corrected chi connectivity index (χ1v) is 11.8. The van der Waals surface area contributed by atoms with Gasteiger partial charge in [-0.3, -0.25) is 9.59 Å². The normalized spacial score (nSPS) is 14.0. The van der Waals surface area contributed by atoms with Crippen molar-refractivity contribution in [3.8, 4) is 0 Å². The Morgan fingerprint density at radius 2 is 1.58 bits per heavy atom. The number of hydrogen-bond acceptors (Lipinski definition) is 4. The van der Waals surface area contributed by atoms with Gasteiger partial charge in [0.2, 0.25) is 5.91 Å². The Labute approximate surface area is 207 Å². The molecule has 0 atom stereocenters. The summed E-state index contributed by atoms with van der Waals surface area (Å²) in [5, 5.41) is 2.85. The van der Waals surface area contributed by atoms with Crippen molar-refractivity contribution < 1.29 is 22.8 Å². The van der Waals surface area contributed by atoms with E-state index in [4.69, 9.17) is 0 Å². The number of anilines is 2. The van der Waals surface area contributed by atoms with Gasteiger partial charge in [0.05, 0.1) is 23.0 Å². The van der Waals surface area contributed by atoms with Crippen molar-refractivity contribution in [1.29, 1.82) is 0 Å². The second-order valence-electron chi connectivity index (χ2n) is 8.61. The fourth-order valence-corrected chi connectivity index (χ4v) is 4.19. The molecule has 9 heteroatoms. The van der Waals surface area contributed by atoms with E-state index in [1.165, 1.54) is 28.7 Å². The highest BCUT2D eigenvalue weighted by molar-refractivity contribution is 5.96. The van der Waals surface area contributed by atoms with Gasteiger partial charge in [-0.25, -0.2) is 4.98 Å². The number of carbonyl (C=O) groups excluding carboxylic acids is 2. The van der Waals surface area contributed by atoms with Crippen molar-refractivity contribution in [2.45, 2.75) is 25.4 Å². The fraction of sp³-hybridized carbons (Fsp3) is 0.296. The Balaban J connectivity index is 1.26. The molecular weight excluding hydrogens is 469 g/mol. The monoisotopic (exact) mass is 496 g/mol. The minimum absolute atomic E-state index is 0.0771. The van der Waals surface area contributed by atoms with E-state index < -0.39 is 17.6 Å². The largest absolute Gasteiger partial charge is 0.417 e. The summed E-state index contributed by atoms with van der Waals surface area (Å²) in [5.41, 5.74) is 0.543. The second-order valence-corrected chi connectivity index (χ2v) is 8.61. The third-order valence-corrected chi connectivity index (χ3v) is 6.10. The third-order valence-electron chi connectivity index (χ3n) is 6.10. The van der Waals surface area contributed by atoms with Crippen LogP contribution in [0.1, 0.15) is 34.3 Å². The van der Waals surface area contributed by atoms with Crippen LogP contribution in [0.25, 0.3) is 0 Å². The van der Waals surface area contributed by atoms with Crippen LogP contribution < -0.4 is 10.2 Å². The minimum Gasteiger partial charge on any atom is -0.353 e. The lowest BCUT2D eigenvalue weighted by Crippen LogP contribution is -2.49. The average Bonchev–Trinajstić information content (AvgIpc) is 2.89. The van der Waals surface area contributed by atoms with E-state index in [1.807, 2.05) is 35.2 Å². The molecule has 1 saturated heterocycles. The molecule has 1 aromatic heterocycles. The van der Waals surface area contributed by atoms with Crippen molar-refractivity contribution in [2.75, 3.05) is 36.4 Å². The van der Waals surface area contributed by atoms with Crippen LogP contribution in [0.2, 0.25) is 0 Å². The summed E-state index contributed by atoms with van der Waals surface area (Å²) in [7, 11) is 0. The smallest absolute Gasteiger partial charge is 0.353 e. The maximum absolute atomic E-state index is 13.3. The molecule has 2 amide bonds. The highest BCUT2D eigenvalue weighted by Crippen LogP contribution is 2.32. The molecule has 0 saturated carbocycles. The Bertz CT molecular complexity index is 1180. The van der Waals surface area contributed by atoms with E-state index in [1.54, 1.807) is 18.3 Å². The molecular formula is C27H27F3N4O2. The van der Waals surface area contributed by atoms with E-state index in [0.29, 0.717) is 31.0 Å². The Morgan fingerprint density at radius 1 is 0.889 bits per heavy atom. The number of benzene rings is 2. The van der Waals surface area contributed by atoms with Crippen LogP contribution in [-0.2, 0) is 17.4 Å². The predicted octanol–water partition coefficient (Wildman–Crippen LogP) is 5.02. The first-order valence-electron chi connectivity index (χ1n) is 11.8. The number of aryl methyl sites for hydroxylation is 1. The quantitative estimate of drug-likeness (QED) is 0.499. The molecule has 4 rings (SSSR count). The standard InChI is InChI=1S/C27H27F3N4O2/c28-27(29,30)23-11-5-4-10-22(23)26(36)34-17-15-33(16-18-34)24-14-13-21(19-31-24)32-25(35)12-6-9-20-7-2-1-3-8-20/h1-5,7-8,10-11,13-14,19H,6,9,12,15-18H2,(H,32,35). The zero-order chi connectivity index (χ0) is 25.5. The molecule has 0 aliphatic carbocycles. The molecule has 1 aliphatic heterocycles. The number of rotatable bonds is 7. The van der Waals surface area contributed by atoms with Gasteiger partial charge in [-0.1, -0.05) is 42.5 Å². The van der Waals surface area contributed by atoms with E-state index in [0.717, 1.165) is 18.9 Å².